The topological polar surface area (TPSA) is 56.0 Å². The Morgan fingerprint density at radius 2 is 2.11 bits per heavy atom. The van der Waals surface area contributed by atoms with Gasteiger partial charge in [0.25, 0.3) is 0 Å². The average molecular weight is 242 g/mol. The minimum Gasteiger partial charge on any atom is -0.370 e. The van der Waals surface area contributed by atoms with Crippen molar-refractivity contribution in [3.63, 3.8) is 0 Å². The van der Waals surface area contributed by atoms with E-state index in [2.05, 4.69) is 37.0 Å². The van der Waals surface area contributed by atoms with Crippen LogP contribution in [0.5, 0.6) is 0 Å². The number of primary amides is 1. The van der Waals surface area contributed by atoms with E-state index >= 15 is 0 Å². The molecule has 1 heterocycles. The molecular weight excluding hydrogens is 224 g/mol. The third-order valence-electron chi connectivity index (χ3n) is 3.17. The average Bonchev–Trinajstić information content (AvgIpc) is 2.36. The Morgan fingerprint density at radius 3 is 2.78 bits per heavy atom. The normalized spacial score (nSPS) is 10.8. The highest BCUT2D eigenvalue weighted by Gasteiger charge is 2.05. The number of rotatable bonds is 4. The fourth-order valence-corrected chi connectivity index (χ4v) is 2.11. The molecule has 0 aliphatic rings. The van der Waals surface area contributed by atoms with Gasteiger partial charge in [-0.25, -0.2) is 0 Å². The first-order valence-electron chi connectivity index (χ1n) is 6.27. The summed E-state index contributed by atoms with van der Waals surface area (Å²) in [4.78, 5) is 15.4. The number of carbonyl (C=O) groups is 1. The first kappa shape index (κ1) is 12.6. The van der Waals surface area contributed by atoms with E-state index in [0.717, 1.165) is 17.6 Å². The molecule has 0 fully saturated rings. The van der Waals surface area contributed by atoms with Crippen LogP contribution in [0.25, 0.3) is 10.9 Å². The highest BCUT2D eigenvalue weighted by Crippen LogP contribution is 2.20. The number of fused-ring (bicyclic) bond motifs is 1. The van der Waals surface area contributed by atoms with Gasteiger partial charge in [0.15, 0.2) is 0 Å². The van der Waals surface area contributed by atoms with Gasteiger partial charge in [0.2, 0.25) is 5.91 Å². The van der Waals surface area contributed by atoms with E-state index in [0.29, 0.717) is 12.8 Å². The van der Waals surface area contributed by atoms with Gasteiger partial charge in [-0.15, -0.1) is 0 Å². The van der Waals surface area contributed by atoms with Crippen LogP contribution in [0.2, 0.25) is 0 Å². The summed E-state index contributed by atoms with van der Waals surface area (Å²) in [7, 11) is 0. The molecule has 94 valence electrons. The minimum absolute atomic E-state index is 0.282. The van der Waals surface area contributed by atoms with Gasteiger partial charge < -0.3 is 5.73 Å². The zero-order chi connectivity index (χ0) is 13.1. The molecule has 0 bridgehead atoms. The van der Waals surface area contributed by atoms with Crippen LogP contribution in [0, 0.1) is 6.92 Å². The van der Waals surface area contributed by atoms with E-state index in [-0.39, 0.29) is 5.91 Å². The summed E-state index contributed by atoms with van der Waals surface area (Å²) in [5, 5.41) is 1.19. The maximum atomic E-state index is 10.8. The van der Waals surface area contributed by atoms with E-state index < -0.39 is 0 Å². The quantitative estimate of drug-likeness (QED) is 0.895. The van der Waals surface area contributed by atoms with Crippen molar-refractivity contribution in [1.82, 2.24) is 4.98 Å². The lowest BCUT2D eigenvalue weighted by Gasteiger charge is -2.07. The molecule has 0 radical (unpaired) electrons. The zero-order valence-corrected chi connectivity index (χ0v) is 10.9. The summed E-state index contributed by atoms with van der Waals surface area (Å²) >= 11 is 0. The van der Waals surface area contributed by atoms with Crippen LogP contribution in [0.15, 0.2) is 24.3 Å². The van der Waals surface area contributed by atoms with Crippen LogP contribution in [0.1, 0.15) is 30.2 Å². The Hall–Kier alpha value is -1.90. The van der Waals surface area contributed by atoms with Crippen LogP contribution in [0.3, 0.4) is 0 Å². The second kappa shape index (κ2) is 5.17. The Bertz CT molecular complexity index is 590. The standard InChI is InChI=1S/C15H18N2O/c1-3-11-4-6-14-13(9-11)10(2)8-12(17-14)5-7-15(16)18/h4,6,8-9H,3,5,7H2,1-2H3,(H2,16,18). The predicted octanol–water partition coefficient (Wildman–Crippen LogP) is 2.52. The third-order valence-corrected chi connectivity index (χ3v) is 3.17. The molecule has 0 aliphatic heterocycles. The molecule has 0 spiro atoms. The number of pyridine rings is 1. The van der Waals surface area contributed by atoms with Crippen molar-refractivity contribution < 1.29 is 4.79 Å². The number of aromatic nitrogens is 1. The molecule has 2 aromatic rings. The number of hydrogen-bond acceptors (Lipinski definition) is 2. The van der Waals surface area contributed by atoms with Gasteiger partial charge in [0, 0.05) is 17.5 Å². The van der Waals surface area contributed by atoms with Gasteiger partial charge in [-0.3, -0.25) is 9.78 Å². The lowest BCUT2D eigenvalue weighted by Crippen LogP contribution is -2.11. The van der Waals surface area contributed by atoms with Crippen LogP contribution in [-0.4, -0.2) is 10.9 Å². The maximum absolute atomic E-state index is 10.8. The second-order valence-electron chi connectivity index (χ2n) is 4.60. The van der Waals surface area contributed by atoms with Crippen molar-refractivity contribution in [3.8, 4) is 0 Å². The molecule has 3 nitrogen and oxygen atoms in total. The first-order valence-corrected chi connectivity index (χ1v) is 6.27. The molecule has 1 aromatic carbocycles. The molecule has 18 heavy (non-hydrogen) atoms. The van der Waals surface area contributed by atoms with Gasteiger partial charge >= 0.3 is 0 Å². The molecule has 1 aromatic heterocycles. The van der Waals surface area contributed by atoms with E-state index in [1.54, 1.807) is 0 Å². The van der Waals surface area contributed by atoms with Crippen LogP contribution < -0.4 is 5.73 Å². The monoisotopic (exact) mass is 242 g/mol. The van der Waals surface area contributed by atoms with Gasteiger partial charge in [-0.2, -0.15) is 0 Å². The van der Waals surface area contributed by atoms with Crippen LogP contribution >= 0.6 is 0 Å². The summed E-state index contributed by atoms with van der Waals surface area (Å²) in [6, 6.07) is 8.39. The number of benzene rings is 1. The molecule has 2 N–H and O–H groups in total. The summed E-state index contributed by atoms with van der Waals surface area (Å²) in [5.41, 5.74) is 9.61. The number of hydrogen-bond donors (Lipinski definition) is 1. The predicted molar refractivity (Wildman–Crippen MR) is 73.4 cm³/mol. The Labute approximate surface area is 107 Å². The van der Waals surface area contributed by atoms with E-state index in [1.165, 1.54) is 16.5 Å². The molecule has 0 aliphatic carbocycles. The van der Waals surface area contributed by atoms with Crippen molar-refractivity contribution in [2.24, 2.45) is 5.73 Å². The molecular formula is C15H18N2O. The SMILES string of the molecule is CCc1ccc2nc(CCC(N)=O)cc(C)c2c1. The van der Waals surface area contributed by atoms with E-state index in [4.69, 9.17) is 5.73 Å². The fourth-order valence-electron chi connectivity index (χ4n) is 2.11. The number of nitrogens with two attached hydrogens (primary N) is 1. The second-order valence-corrected chi connectivity index (χ2v) is 4.60. The number of aryl methyl sites for hydroxylation is 3. The molecule has 3 heteroatoms. The van der Waals surface area contributed by atoms with Crippen molar-refractivity contribution in [2.75, 3.05) is 0 Å². The highest BCUT2D eigenvalue weighted by molar-refractivity contribution is 5.83. The fraction of sp³-hybridized carbons (Fsp3) is 0.333. The minimum atomic E-state index is -0.282. The Kier molecular flexibility index (Phi) is 3.60. The molecule has 0 unspecified atom stereocenters. The first-order chi connectivity index (χ1) is 8.60. The largest absolute Gasteiger partial charge is 0.370 e. The molecule has 1 amide bonds. The number of amides is 1. The van der Waals surface area contributed by atoms with Crippen molar-refractivity contribution >= 4 is 16.8 Å². The summed E-state index contributed by atoms with van der Waals surface area (Å²) in [6.07, 6.45) is 1.99. The van der Waals surface area contributed by atoms with E-state index in [1.807, 2.05) is 6.07 Å². The lowest BCUT2D eigenvalue weighted by atomic mass is 10.0. The molecule has 0 saturated carbocycles. The maximum Gasteiger partial charge on any atom is 0.217 e. The Balaban J connectivity index is 2.40. The zero-order valence-electron chi connectivity index (χ0n) is 10.9. The summed E-state index contributed by atoms with van der Waals surface area (Å²) < 4.78 is 0. The third kappa shape index (κ3) is 2.67. The van der Waals surface area contributed by atoms with Gasteiger partial charge in [-0.1, -0.05) is 13.0 Å². The lowest BCUT2D eigenvalue weighted by molar-refractivity contribution is -0.118. The number of carbonyl (C=O) groups excluding carboxylic acids is 1. The molecule has 0 saturated heterocycles. The van der Waals surface area contributed by atoms with Crippen molar-refractivity contribution in [2.45, 2.75) is 33.1 Å². The Morgan fingerprint density at radius 1 is 1.33 bits per heavy atom. The van der Waals surface area contributed by atoms with E-state index in [9.17, 15) is 4.79 Å². The van der Waals surface area contributed by atoms with Crippen LogP contribution in [0.4, 0.5) is 0 Å². The van der Waals surface area contributed by atoms with Gasteiger partial charge in [0.05, 0.1) is 5.52 Å². The van der Waals surface area contributed by atoms with Crippen LogP contribution in [-0.2, 0) is 17.6 Å². The number of nitrogens with zero attached hydrogens (tertiary/aromatic N) is 1. The summed E-state index contributed by atoms with van der Waals surface area (Å²) in [6.45, 7) is 4.22. The summed E-state index contributed by atoms with van der Waals surface area (Å²) in [5.74, 6) is -0.282. The smallest absolute Gasteiger partial charge is 0.217 e. The van der Waals surface area contributed by atoms with Crippen molar-refractivity contribution in [1.29, 1.82) is 0 Å². The van der Waals surface area contributed by atoms with Gasteiger partial charge in [-0.05, 0) is 49.1 Å². The molecule has 0 atom stereocenters. The highest BCUT2D eigenvalue weighted by atomic mass is 16.1. The molecule has 2 rings (SSSR count). The van der Waals surface area contributed by atoms with Crippen molar-refractivity contribution in [3.05, 3.63) is 41.1 Å². The van der Waals surface area contributed by atoms with Gasteiger partial charge in [0.1, 0.15) is 0 Å².